The van der Waals surface area contributed by atoms with Crippen LogP contribution in [0.2, 0.25) is 0 Å². The molecule has 1 aromatic heterocycles. The van der Waals surface area contributed by atoms with Crippen molar-refractivity contribution in [3.63, 3.8) is 0 Å². The molecule has 0 atom stereocenters. The quantitative estimate of drug-likeness (QED) is 0.646. The van der Waals surface area contributed by atoms with Gasteiger partial charge in [0.25, 0.3) is 0 Å². The lowest BCUT2D eigenvalue weighted by Crippen LogP contribution is -1.95. The van der Waals surface area contributed by atoms with E-state index in [1.807, 2.05) is 61.5 Å². The number of nitriles is 1. The van der Waals surface area contributed by atoms with Gasteiger partial charge >= 0.3 is 0 Å². The molecule has 3 rings (SSSR count). The van der Waals surface area contributed by atoms with Crippen LogP contribution in [0.5, 0.6) is 0 Å². The van der Waals surface area contributed by atoms with Gasteiger partial charge in [-0.3, -0.25) is 4.98 Å². The summed E-state index contributed by atoms with van der Waals surface area (Å²) in [6, 6.07) is 20.3. The number of hydrogen-bond acceptors (Lipinski definition) is 2. The van der Waals surface area contributed by atoms with Crippen LogP contribution in [0.15, 0.2) is 54.6 Å². The molecule has 0 aliphatic heterocycles. The van der Waals surface area contributed by atoms with Crippen LogP contribution >= 0.6 is 0 Å². The molecule has 0 aliphatic carbocycles. The minimum atomic E-state index is 0.657. The monoisotopic (exact) mass is 244 g/mol. The van der Waals surface area contributed by atoms with Crippen LogP contribution in [0.25, 0.3) is 22.0 Å². The van der Waals surface area contributed by atoms with Gasteiger partial charge in [0.15, 0.2) is 0 Å². The molecule has 0 saturated carbocycles. The molecule has 0 radical (unpaired) electrons. The van der Waals surface area contributed by atoms with Crippen molar-refractivity contribution in [1.82, 2.24) is 4.98 Å². The number of aromatic nitrogens is 1. The van der Waals surface area contributed by atoms with Gasteiger partial charge in [-0.15, -0.1) is 0 Å². The van der Waals surface area contributed by atoms with E-state index in [9.17, 15) is 5.26 Å². The Morgan fingerprint density at radius 1 is 0.947 bits per heavy atom. The van der Waals surface area contributed by atoms with E-state index >= 15 is 0 Å². The minimum Gasteiger partial charge on any atom is -0.252 e. The molecular formula is C17H12N2. The Morgan fingerprint density at radius 2 is 1.63 bits per heavy atom. The van der Waals surface area contributed by atoms with Crippen LogP contribution in [0.4, 0.5) is 0 Å². The number of pyridine rings is 1. The zero-order valence-corrected chi connectivity index (χ0v) is 10.6. The highest BCUT2D eigenvalue weighted by Crippen LogP contribution is 2.32. The average molecular weight is 244 g/mol. The third-order valence-corrected chi connectivity index (χ3v) is 3.25. The molecule has 1 heterocycles. The average Bonchev–Trinajstić information content (AvgIpc) is 2.46. The van der Waals surface area contributed by atoms with Crippen molar-refractivity contribution >= 4 is 10.9 Å². The van der Waals surface area contributed by atoms with Crippen LogP contribution in [-0.4, -0.2) is 4.98 Å². The van der Waals surface area contributed by atoms with Crippen molar-refractivity contribution in [3.8, 4) is 17.2 Å². The number of benzene rings is 2. The fourth-order valence-corrected chi connectivity index (χ4v) is 2.38. The first-order chi connectivity index (χ1) is 9.31. The smallest absolute Gasteiger partial charge is 0.102 e. The Labute approximate surface area is 112 Å². The SMILES string of the molecule is Cc1nc2ccccc2c(-c2ccccc2)c1C#N. The number of rotatable bonds is 1. The molecule has 0 N–H and O–H groups in total. The predicted molar refractivity (Wildman–Crippen MR) is 76.6 cm³/mol. The maximum Gasteiger partial charge on any atom is 0.102 e. The molecule has 0 spiro atoms. The van der Waals surface area contributed by atoms with Gasteiger partial charge in [-0.1, -0.05) is 48.5 Å². The van der Waals surface area contributed by atoms with Crippen LogP contribution in [0.1, 0.15) is 11.3 Å². The second-order valence-corrected chi connectivity index (χ2v) is 4.44. The van der Waals surface area contributed by atoms with E-state index in [2.05, 4.69) is 11.1 Å². The first kappa shape index (κ1) is 11.4. The molecule has 0 amide bonds. The molecule has 90 valence electrons. The largest absolute Gasteiger partial charge is 0.252 e. The van der Waals surface area contributed by atoms with Crippen molar-refractivity contribution < 1.29 is 0 Å². The molecule has 2 nitrogen and oxygen atoms in total. The molecule has 0 unspecified atom stereocenters. The molecule has 2 heteroatoms. The summed E-state index contributed by atoms with van der Waals surface area (Å²) in [5, 5.41) is 10.5. The molecule has 3 aromatic rings. The van der Waals surface area contributed by atoms with Gasteiger partial charge in [0.2, 0.25) is 0 Å². The molecule has 0 saturated heterocycles. The Hall–Kier alpha value is -2.66. The topological polar surface area (TPSA) is 36.7 Å². The van der Waals surface area contributed by atoms with Gasteiger partial charge in [0.1, 0.15) is 6.07 Å². The Morgan fingerprint density at radius 3 is 2.37 bits per heavy atom. The molecule has 2 aromatic carbocycles. The van der Waals surface area contributed by atoms with Gasteiger partial charge in [0.05, 0.1) is 16.8 Å². The highest BCUT2D eigenvalue weighted by molar-refractivity contribution is 5.97. The van der Waals surface area contributed by atoms with E-state index in [1.165, 1.54) is 0 Å². The minimum absolute atomic E-state index is 0.657. The summed E-state index contributed by atoms with van der Waals surface area (Å²) in [5.41, 5.74) is 4.40. The molecule has 0 aliphatic rings. The summed E-state index contributed by atoms with van der Waals surface area (Å²) in [6.45, 7) is 1.89. The van der Waals surface area contributed by atoms with Crippen LogP contribution in [0.3, 0.4) is 0 Å². The summed E-state index contributed by atoms with van der Waals surface area (Å²) in [6.07, 6.45) is 0. The zero-order chi connectivity index (χ0) is 13.2. The Bertz CT molecular complexity index is 783. The summed E-state index contributed by atoms with van der Waals surface area (Å²) in [4.78, 5) is 4.51. The summed E-state index contributed by atoms with van der Waals surface area (Å²) in [7, 11) is 0. The molecule has 19 heavy (non-hydrogen) atoms. The summed E-state index contributed by atoms with van der Waals surface area (Å²) < 4.78 is 0. The van der Waals surface area contributed by atoms with E-state index in [4.69, 9.17) is 0 Å². The van der Waals surface area contributed by atoms with Crippen molar-refractivity contribution in [2.75, 3.05) is 0 Å². The summed E-state index contributed by atoms with van der Waals surface area (Å²) in [5.74, 6) is 0. The highest BCUT2D eigenvalue weighted by atomic mass is 14.7. The van der Waals surface area contributed by atoms with E-state index in [1.54, 1.807) is 0 Å². The Kier molecular flexibility index (Phi) is 2.74. The lowest BCUT2D eigenvalue weighted by Gasteiger charge is -2.11. The van der Waals surface area contributed by atoms with Crippen LogP contribution in [-0.2, 0) is 0 Å². The van der Waals surface area contributed by atoms with Crippen LogP contribution in [0, 0.1) is 18.3 Å². The predicted octanol–water partition coefficient (Wildman–Crippen LogP) is 4.08. The van der Waals surface area contributed by atoms with Gasteiger partial charge < -0.3 is 0 Å². The standard InChI is InChI=1S/C17H12N2/c1-12-15(11-18)17(13-7-3-2-4-8-13)14-9-5-6-10-16(14)19-12/h2-10H,1H3. The van der Waals surface area contributed by atoms with Gasteiger partial charge in [0, 0.05) is 10.9 Å². The van der Waals surface area contributed by atoms with Crippen molar-refractivity contribution in [2.45, 2.75) is 6.92 Å². The number of para-hydroxylation sites is 1. The first-order valence-electron chi connectivity index (χ1n) is 6.16. The first-order valence-corrected chi connectivity index (χ1v) is 6.16. The van der Waals surface area contributed by atoms with Crippen molar-refractivity contribution in [1.29, 1.82) is 5.26 Å². The number of fused-ring (bicyclic) bond motifs is 1. The number of hydrogen-bond donors (Lipinski definition) is 0. The molecular weight excluding hydrogens is 232 g/mol. The molecule has 0 bridgehead atoms. The Balaban J connectivity index is 2.48. The highest BCUT2D eigenvalue weighted by Gasteiger charge is 2.13. The fraction of sp³-hybridized carbons (Fsp3) is 0.0588. The zero-order valence-electron chi connectivity index (χ0n) is 10.6. The molecule has 0 fully saturated rings. The second-order valence-electron chi connectivity index (χ2n) is 4.44. The lowest BCUT2D eigenvalue weighted by atomic mass is 9.95. The fourth-order valence-electron chi connectivity index (χ4n) is 2.38. The van der Waals surface area contributed by atoms with E-state index < -0.39 is 0 Å². The summed E-state index contributed by atoms with van der Waals surface area (Å²) >= 11 is 0. The lowest BCUT2D eigenvalue weighted by molar-refractivity contribution is 1.23. The van der Waals surface area contributed by atoms with E-state index in [0.29, 0.717) is 5.56 Å². The third kappa shape index (κ3) is 1.86. The van der Waals surface area contributed by atoms with E-state index in [0.717, 1.165) is 27.7 Å². The van der Waals surface area contributed by atoms with Crippen molar-refractivity contribution in [2.24, 2.45) is 0 Å². The van der Waals surface area contributed by atoms with Crippen LogP contribution < -0.4 is 0 Å². The second kappa shape index (κ2) is 4.55. The third-order valence-electron chi connectivity index (χ3n) is 3.25. The normalized spacial score (nSPS) is 10.3. The maximum atomic E-state index is 9.43. The maximum absolute atomic E-state index is 9.43. The van der Waals surface area contributed by atoms with Gasteiger partial charge in [-0.2, -0.15) is 5.26 Å². The number of aryl methyl sites for hydroxylation is 1. The van der Waals surface area contributed by atoms with Crippen molar-refractivity contribution in [3.05, 3.63) is 65.9 Å². The van der Waals surface area contributed by atoms with E-state index in [-0.39, 0.29) is 0 Å². The number of nitrogens with zero attached hydrogens (tertiary/aromatic N) is 2. The van der Waals surface area contributed by atoms with Gasteiger partial charge in [-0.25, -0.2) is 0 Å². The van der Waals surface area contributed by atoms with Gasteiger partial charge in [-0.05, 0) is 18.6 Å².